The predicted octanol–water partition coefficient (Wildman–Crippen LogP) is 4.57. The number of alkyl halides is 3. The van der Waals surface area contributed by atoms with Crippen LogP contribution >= 0.6 is 0 Å². The van der Waals surface area contributed by atoms with Crippen LogP contribution in [0.2, 0.25) is 0 Å². The van der Waals surface area contributed by atoms with Crippen LogP contribution < -0.4 is 5.32 Å². The second-order valence-corrected chi connectivity index (χ2v) is 5.13. The van der Waals surface area contributed by atoms with Crippen molar-refractivity contribution in [1.82, 2.24) is 0 Å². The van der Waals surface area contributed by atoms with Gasteiger partial charge in [0.15, 0.2) is 0 Å². The van der Waals surface area contributed by atoms with Crippen molar-refractivity contribution in [3.05, 3.63) is 29.3 Å². The van der Waals surface area contributed by atoms with Gasteiger partial charge in [0.25, 0.3) is 0 Å². The van der Waals surface area contributed by atoms with E-state index in [9.17, 15) is 13.2 Å². The lowest BCUT2D eigenvalue weighted by molar-refractivity contribution is -0.137. The first-order chi connectivity index (χ1) is 8.69. The minimum Gasteiger partial charge on any atom is -0.380 e. The van der Waals surface area contributed by atoms with E-state index < -0.39 is 11.7 Å². The van der Waals surface area contributed by atoms with Crippen molar-refractivity contribution in [1.29, 1.82) is 5.26 Å². The molecule has 0 saturated carbocycles. The number of hydrogen-bond acceptors (Lipinski definition) is 2. The second-order valence-electron chi connectivity index (χ2n) is 5.13. The SMILES string of the molecule is CCCC(C)(C)Nc1ccc(C#N)c(C(F)(F)F)c1. The molecule has 1 N–H and O–H groups in total. The molecule has 104 valence electrons. The number of halogens is 3. The first-order valence-corrected chi connectivity index (χ1v) is 6.09. The molecule has 1 aromatic carbocycles. The maximum absolute atomic E-state index is 12.8. The summed E-state index contributed by atoms with van der Waals surface area (Å²) in [7, 11) is 0. The van der Waals surface area contributed by atoms with Gasteiger partial charge in [-0.15, -0.1) is 0 Å². The zero-order chi connectivity index (χ0) is 14.7. The Hall–Kier alpha value is -1.70. The summed E-state index contributed by atoms with van der Waals surface area (Å²) < 4.78 is 38.5. The summed E-state index contributed by atoms with van der Waals surface area (Å²) in [6.07, 6.45) is -2.74. The number of rotatable bonds is 4. The lowest BCUT2D eigenvalue weighted by Gasteiger charge is -2.27. The monoisotopic (exact) mass is 270 g/mol. The summed E-state index contributed by atoms with van der Waals surface area (Å²) in [5, 5.41) is 11.8. The molecule has 5 heteroatoms. The van der Waals surface area contributed by atoms with Crippen molar-refractivity contribution >= 4 is 5.69 Å². The van der Waals surface area contributed by atoms with Gasteiger partial charge in [0.2, 0.25) is 0 Å². The molecule has 0 spiro atoms. The largest absolute Gasteiger partial charge is 0.417 e. The Morgan fingerprint density at radius 1 is 1.26 bits per heavy atom. The van der Waals surface area contributed by atoms with Gasteiger partial charge < -0.3 is 5.32 Å². The summed E-state index contributed by atoms with van der Waals surface area (Å²) in [5.41, 5.74) is -1.16. The van der Waals surface area contributed by atoms with Crippen molar-refractivity contribution < 1.29 is 13.2 Å². The highest BCUT2D eigenvalue weighted by Crippen LogP contribution is 2.34. The van der Waals surface area contributed by atoms with E-state index in [2.05, 4.69) is 5.32 Å². The minimum atomic E-state index is -4.52. The first kappa shape index (κ1) is 15.4. The quantitative estimate of drug-likeness (QED) is 0.870. The molecular weight excluding hydrogens is 253 g/mol. The van der Waals surface area contributed by atoms with Crippen LogP contribution in [0.3, 0.4) is 0 Å². The Kier molecular flexibility index (Phi) is 4.46. The molecule has 19 heavy (non-hydrogen) atoms. The summed E-state index contributed by atoms with van der Waals surface area (Å²) in [6.45, 7) is 5.88. The van der Waals surface area contributed by atoms with Gasteiger partial charge in [0.05, 0.1) is 17.2 Å². The van der Waals surface area contributed by atoms with E-state index in [4.69, 9.17) is 5.26 Å². The molecule has 0 aliphatic carbocycles. The molecule has 0 amide bonds. The number of hydrogen-bond donors (Lipinski definition) is 1. The highest BCUT2D eigenvalue weighted by Gasteiger charge is 2.34. The summed E-state index contributed by atoms with van der Waals surface area (Å²) in [5.74, 6) is 0. The maximum atomic E-state index is 12.8. The molecule has 0 aliphatic rings. The number of nitriles is 1. The number of nitrogens with zero attached hydrogens (tertiary/aromatic N) is 1. The molecule has 0 atom stereocenters. The first-order valence-electron chi connectivity index (χ1n) is 6.09. The van der Waals surface area contributed by atoms with Crippen LogP contribution in [0, 0.1) is 11.3 Å². The van der Waals surface area contributed by atoms with Crippen LogP contribution in [0.4, 0.5) is 18.9 Å². The van der Waals surface area contributed by atoms with Gasteiger partial charge in [0, 0.05) is 11.2 Å². The van der Waals surface area contributed by atoms with Gasteiger partial charge in [-0.1, -0.05) is 13.3 Å². The Morgan fingerprint density at radius 3 is 2.37 bits per heavy atom. The third kappa shape index (κ3) is 4.16. The minimum absolute atomic E-state index is 0.286. The maximum Gasteiger partial charge on any atom is 0.417 e. The van der Waals surface area contributed by atoms with Gasteiger partial charge in [-0.05, 0) is 38.5 Å². The number of anilines is 1. The normalized spacial score (nSPS) is 12.1. The Morgan fingerprint density at radius 2 is 1.89 bits per heavy atom. The average Bonchev–Trinajstić information content (AvgIpc) is 2.27. The number of nitrogens with one attached hydrogen (secondary N) is 1. The van der Waals surface area contributed by atoms with Gasteiger partial charge in [-0.2, -0.15) is 18.4 Å². The van der Waals surface area contributed by atoms with Crippen molar-refractivity contribution in [2.24, 2.45) is 0 Å². The third-order valence-corrected chi connectivity index (χ3v) is 2.80. The van der Waals surface area contributed by atoms with Crippen molar-refractivity contribution in [2.45, 2.75) is 45.3 Å². The molecule has 0 radical (unpaired) electrons. The van der Waals surface area contributed by atoms with Crippen molar-refractivity contribution in [3.8, 4) is 6.07 Å². The molecule has 0 aliphatic heterocycles. The molecule has 1 aromatic rings. The van der Waals surface area contributed by atoms with Gasteiger partial charge in [-0.25, -0.2) is 0 Å². The van der Waals surface area contributed by atoms with Crippen LogP contribution in [-0.2, 0) is 6.18 Å². The summed E-state index contributed by atoms with van der Waals surface area (Å²) in [6, 6.07) is 5.27. The van der Waals surface area contributed by atoms with Crippen LogP contribution in [-0.4, -0.2) is 5.54 Å². The highest BCUT2D eigenvalue weighted by molar-refractivity contribution is 5.54. The van der Waals surface area contributed by atoms with Crippen LogP contribution in [0.15, 0.2) is 18.2 Å². The van der Waals surface area contributed by atoms with Crippen LogP contribution in [0.25, 0.3) is 0 Å². The van der Waals surface area contributed by atoms with Crippen molar-refractivity contribution in [3.63, 3.8) is 0 Å². The fraction of sp³-hybridized carbons (Fsp3) is 0.500. The second kappa shape index (κ2) is 5.52. The molecule has 0 heterocycles. The lowest BCUT2D eigenvalue weighted by Crippen LogP contribution is -2.30. The number of benzene rings is 1. The molecule has 0 saturated heterocycles. The van der Waals surface area contributed by atoms with E-state index in [-0.39, 0.29) is 11.1 Å². The van der Waals surface area contributed by atoms with E-state index in [1.54, 1.807) is 6.07 Å². The molecule has 2 nitrogen and oxygen atoms in total. The molecule has 0 fully saturated rings. The zero-order valence-electron chi connectivity index (χ0n) is 11.2. The lowest BCUT2D eigenvalue weighted by atomic mass is 9.97. The summed E-state index contributed by atoms with van der Waals surface area (Å²) in [4.78, 5) is 0. The fourth-order valence-corrected chi connectivity index (χ4v) is 2.03. The van der Waals surface area contributed by atoms with Gasteiger partial charge in [-0.3, -0.25) is 0 Å². The topological polar surface area (TPSA) is 35.8 Å². The standard InChI is InChI=1S/C14H17F3N2/c1-4-7-13(2,3)19-11-6-5-10(9-18)12(8-11)14(15,16)17/h5-6,8,19H,4,7H2,1-3H3. The Balaban J connectivity index is 3.10. The van der Waals surface area contributed by atoms with E-state index in [0.29, 0.717) is 5.69 Å². The van der Waals surface area contributed by atoms with E-state index in [1.807, 2.05) is 20.8 Å². The van der Waals surface area contributed by atoms with E-state index in [0.717, 1.165) is 18.9 Å². The molecule has 1 rings (SSSR count). The molecule has 0 bridgehead atoms. The smallest absolute Gasteiger partial charge is 0.380 e. The highest BCUT2D eigenvalue weighted by atomic mass is 19.4. The Bertz CT molecular complexity index is 484. The molecule has 0 unspecified atom stereocenters. The third-order valence-electron chi connectivity index (χ3n) is 2.80. The molecule has 0 aromatic heterocycles. The zero-order valence-corrected chi connectivity index (χ0v) is 11.2. The van der Waals surface area contributed by atoms with E-state index in [1.165, 1.54) is 12.1 Å². The van der Waals surface area contributed by atoms with Crippen LogP contribution in [0.5, 0.6) is 0 Å². The fourth-order valence-electron chi connectivity index (χ4n) is 2.03. The van der Waals surface area contributed by atoms with E-state index >= 15 is 0 Å². The van der Waals surface area contributed by atoms with Gasteiger partial charge in [0.1, 0.15) is 0 Å². The summed E-state index contributed by atoms with van der Waals surface area (Å²) >= 11 is 0. The average molecular weight is 270 g/mol. The predicted molar refractivity (Wildman–Crippen MR) is 68.8 cm³/mol. The van der Waals surface area contributed by atoms with Crippen LogP contribution in [0.1, 0.15) is 44.7 Å². The molecular formula is C14H17F3N2. The van der Waals surface area contributed by atoms with Gasteiger partial charge >= 0.3 is 6.18 Å². The van der Waals surface area contributed by atoms with Crippen molar-refractivity contribution in [2.75, 3.05) is 5.32 Å². The Labute approximate surface area is 111 Å².